The SMILES string of the molecule is NNC(=S)NCCOC1CCCC1. The van der Waals surface area contributed by atoms with Crippen molar-refractivity contribution in [3.8, 4) is 0 Å². The van der Waals surface area contributed by atoms with Gasteiger partial charge in [0, 0.05) is 6.54 Å². The van der Waals surface area contributed by atoms with Crippen LogP contribution in [0.3, 0.4) is 0 Å². The molecule has 76 valence electrons. The van der Waals surface area contributed by atoms with Gasteiger partial charge in [0.1, 0.15) is 0 Å². The van der Waals surface area contributed by atoms with Crippen LogP contribution < -0.4 is 16.6 Å². The highest BCUT2D eigenvalue weighted by Gasteiger charge is 2.14. The number of ether oxygens (including phenoxy) is 1. The van der Waals surface area contributed by atoms with Gasteiger partial charge in [-0.1, -0.05) is 12.8 Å². The highest BCUT2D eigenvalue weighted by Crippen LogP contribution is 2.20. The molecular formula is C8H17N3OS. The quantitative estimate of drug-likeness (QED) is 0.265. The van der Waals surface area contributed by atoms with Crippen molar-refractivity contribution in [3.63, 3.8) is 0 Å². The van der Waals surface area contributed by atoms with E-state index in [1.807, 2.05) is 0 Å². The molecule has 0 amide bonds. The van der Waals surface area contributed by atoms with Crippen molar-refractivity contribution in [3.05, 3.63) is 0 Å². The van der Waals surface area contributed by atoms with Crippen LogP contribution in [0.2, 0.25) is 0 Å². The van der Waals surface area contributed by atoms with Gasteiger partial charge in [-0.2, -0.15) is 0 Å². The minimum atomic E-state index is 0.468. The second-order valence-corrected chi connectivity index (χ2v) is 3.59. The molecule has 13 heavy (non-hydrogen) atoms. The van der Waals surface area contributed by atoms with E-state index in [1.54, 1.807) is 0 Å². The summed E-state index contributed by atoms with van der Waals surface area (Å²) in [5.41, 5.74) is 2.36. The number of hydrogen-bond acceptors (Lipinski definition) is 3. The zero-order chi connectivity index (χ0) is 9.52. The van der Waals surface area contributed by atoms with Crippen molar-refractivity contribution in [1.82, 2.24) is 10.7 Å². The zero-order valence-corrected chi connectivity index (χ0v) is 8.53. The van der Waals surface area contributed by atoms with Crippen LogP contribution in [0.5, 0.6) is 0 Å². The zero-order valence-electron chi connectivity index (χ0n) is 7.71. The van der Waals surface area contributed by atoms with E-state index in [0.29, 0.717) is 17.8 Å². The molecule has 0 unspecified atom stereocenters. The molecule has 0 atom stereocenters. The van der Waals surface area contributed by atoms with Crippen LogP contribution in [0.4, 0.5) is 0 Å². The summed E-state index contributed by atoms with van der Waals surface area (Å²) in [7, 11) is 0. The van der Waals surface area contributed by atoms with E-state index in [4.69, 9.17) is 22.8 Å². The van der Waals surface area contributed by atoms with Crippen LogP contribution in [-0.4, -0.2) is 24.4 Å². The van der Waals surface area contributed by atoms with Gasteiger partial charge in [-0.05, 0) is 25.1 Å². The number of nitrogens with one attached hydrogen (secondary N) is 2. The Bertz CT molecular complexity index is 159. The van der Waals surface area contributed by atoms with Gasteiger partial charge in [0.05, 0.1) is 12.7 Å². The van der Waals surface area contributed by atoms with Gasteiger partial charge < -0.3 is 15.5 Å². The molecule has 0 saturated heterocycles. The Hall–Kier alpha value is -0.390. The molecule has 0 heterocycles. The predicted molar refractivity (Wildman–Crippen MR) is 56.1 cm³/mol. The first-order chi connectivity index (χ1) is 6.33. The topological polar surface area (TPSA) is 59.3 Å². The Balaban J connectivity index is 1.91. The Morgan fingerprint density at radius 3 is 2.77 bits per heavy atom. The summed E-state index contributed by atoms with van der Waals surface area (Å²) in [4.78, 5) is 0. The molecule has 5 heteroatoms. The third-order valence-electron chi connectivity index (χ3n) is 2.17. The lowest BCUT2D eigenvalue weighted by Gasteiger charge is -2.11. The van der Waals surface area contributed by atoms with Crippen LogP contribution in [0.15, 0.2) is 0 Å². The summed E-state index contributed by atoms with van der Waals surface area (Å²) in [6, 6.07) is 0. The van der Waals surface area contributed by atoms with Gasteiger partial charge in [-0.3, -0.25) is 0 Å². The maximum absolute atomic E-state index is 5.61. The normalized spacial score (nSPS) is 17.3. The summed E-state index contributed by atoms with van der Waals surface area (Å²) >= 11 is 4.80. The number of nitrogens with two attached hydrogens (primary N) is 1. The minimum absolute atomic E-state index is 0.468. The average molecular weight is 203 g/mol. The van der Waals surface area contributed by atoms with E-state index in [9.17, 15) is 0 Å². The van der Waals surface area contributed by atoms with E-state index in [1.165, 1.54) is 25.7 Å². The molecule has 1 fully saturated rings. The van der Waals surface area contributed by atoms with E-state index >= 15 is 0 Å². The number of hydrogen-bond donors (Lipinski definition) is 3. The lowest BCUT2D eigenvalue weighted by Crippen LogP contribution is -2.41. The molecule has 4 N–H and O–H groups in total. The largest absolute Gasteiger partial charge is 0.376 e. The Morgan fingerprint density at radius 2 is 2.15 bits per heavy atom. The molecule has 0 bridgehead atoms. The fourth-order valence-electron chi connectivity index (χ4n) is 1.50. The molecule has 0 spiro atoms. The molecule has 0 aromatic heterocycles. The van der Waals surface area contributed by atoms with E-state index in [0.717, 1.165) is 6.54 Å². The van der Waals surface area contributed by atoms with Crippen molar-refractivity contribution in [1.29, 1.82) is 0 Å². The van der Waals surface area contributed by atoms with Gasteiger partial charge in [-0.25, -0.2) is 5.84 Å². The highest BCUT2D eigenvalue weighted by molar-refractivity contribution is 7.80. The van der Waals surface area contributed by atoms with E-state index in [-0.39, 0.29) is 0 Å². The standard InChI is InChI=1S/C8H17N3OS/c9-11-8(13)10-5-6-12-7-3-1-2-4-7/h7H,1-6,9H2,(H2,10,11,13). The Labute approximate surface area is 84.2 Å². The molecule has 4 nitrogen and oxygen atoms in total. The van der Waals surface area contributed by atoms with Gasteiger partial charge in [-0.15, -0.1) is 0 Å². The first-order valence-electron chi connectivity index (χ1n) is 4.69. The van der Waals surface area contributed by atoms with Crippen molar-refractivity contribution >= 4 is 17.3 Å². The monoisotopic (exact) mass is 203 g/mol. The summed E-state index contributed by atoms with van der Waals surface area (Å²) in [5.74, 6) is 5.08. The second kappa shape index (κ2) is 6.12. The molecule has 0 aromatic rings. The predicted octanol–water partition coefficient (Wildman–Crippen LogP) is 0.283. The van der Waals surface area contributed by atoms with Gasteiger partial charge >= 0.3 is 0 Å². The third kappa shape index (κ3) is 4.40. The van der Waals surface area contributed by atoms with Crippen molar-refractivity contribution in [2.45, 2.75) is 31.8 Å². The van der Waals surface area contributed by atoms with E-state index in [2.05, 4.69) is 10.7 Å². The Morgan fingerprint density at radius 1 is 1.46 bits per heavy atom. The molecule has 1 rings (SSSR count). The number of rotatable bonds is 4. The molecule has 0 aromatic carbocycles. The lowest BCUT2D eigenvalue weighted by atomic mass is 10.3. The molecule has 0 aliphatic heterocycles. The third-order valence-corrected chi connectivity index (χ3v) is 2.44. The van der Waals surface area contributed by atoms with Gasteiger partial charge in [0.15, 0.2) is 5.11 Å². The molecule has 1 aliphatic rings. The highest BCUT2D eigenvalue weighted by atomic mass is 32.1. The van der Waals surface area contributed by atoms with Gasteiger partial charge in [0.2, 0.25) is 0 Å². The summed E-state index contributed by atoms with van der Waals surface area (Å²) < 4.78 is 5.61. The fourth-order valence-corrected chi connectivity index (χ4v) is 1.60. The molecular weight excluding hydrogens is 186 g/mol. The van der Waals surface area contributed by atoms with Gasteiger partial charge in [0.25, 0.3) is 0 Å². The minimum Gasteiger partial charge on any atom is -0.376 e. The average Bonchev–Trinajstić information content (AvgIpc) is 2.64. The maximum Gasteiger partial charge on any atom is 0.180 e. The lowest BCUT2D eigenvalue weighted by molar-refractivity contribution is 0.0623. The summed E-state index contributed by atoms with van der Waals surface area (Å²) in [6.07, 6.45) is 5.50. The van der Waals surface area contributed by atoms with Crippen molar-refractivity contribution < 1.29 is 4.74 Å². The Kier molecular flexibility index (Phi) is 5.03. The van der Waals surface area contributed by atoms with Crippen LogP contribution in [-0.2, 0) is 4.74 Å². The number of hydrazine groups is 1. The second-order valence-electron chi connectivity index (χ2n) is 3.18. The maximum atomic E-state index is 5.61. The van der Waals surface area contributed by atoms with Crippen LogP contribution in [0, 0.1) is 0 Å². The molecule has 0 radical (unpaired) electrons. The first kappa shape index (κ1) is 10.7. The first-order valence-corrected chi connectivity index (χ1v) is 5.10. The van der Waals surface area contributed by atoms with Crippen LogP contribution in [0.1, 0.15) is 25.7 Å². The van der Waals surface area contributed by atoms with E-state index < -0.39 is 0 Å². The summed E-state index contributed by atoms with van der Waals surface area (Å²) in [5, 5.41) is 3.39. The smallest absolute Gasteiger partial charge is 0.180 e. The molecule has 1 saturated carbocycles. The fraction of sp³-hybridized carbons (Fsp3) is 0.875. The van der Waals surface area contributed by atoms with Crippen molar-refractivity contribution in [2.24, 2.45) is 5.84 Å². The van der Waals surface area contributed by atoms with Crippen LogP contribution in [0.25, 0.3) is 0 Å². The number of thiocarbonyl (C=S) groups is 1. The van der Waals surface area contributed by atoms with Crippen molar-refractivity contribution in [2.75, 3.05) is 13.2 Å². The molecule has 1 aliphatic carbocycles. The van der Waals surface area contributed by atoms with Crippen LogP contribution >= 0.6 is 12.2 Å². The summed E-state index contributed by atoms with van der Waals surface area (Å²) in [6.45, 7) is 1.42.